The topological polar surface area (TPSA) is 72.8 Å². The molecular weight excluding hydrogens is 244 g/mol. The van der Waals surface area contributed by atoms with Gasteiger partial charge < -0.3 is 20.4 Å². The highest BCUT2D eigenvalue weighted by atomic mass is 16.3. The van der Waals surface area contributed by atoms with Crippen molar-refractivity contribution in [1.29, 1.82) is 0 Å². The van der Waals surface area contributed by atoms with Gasteiger partial charge in [0.25, 0.3) is 0 Å². The van der Waals surface area contributed by atoms with Crippen molar-refractivity contribution in [1.82, 2.24) is 10.2 Å². The van der Waals surface area contributed by atoms with E-state index >= 15 is 0 Å². The van der Waals surface area contributed by atoms with Gasteiger partial charge in [-0.1, -0.05) is 12.8 Å². The maximum absolute atomic E-state index is 12.4. The molecule has 1 saturated carbocycles. The first-order chi connectivity index (χ1) is 9.15. The molecule has 0 bridgehead atoms. The summed E-state index contributed by atoms with van der Waals surface area (Å²) in [7, 11) is 0. The molecule has 2 saturated heterocycles. The zero-order valence-electron chi connectivity index (χ0n) is 11.3. The third-order valence-corrected chi connectivity index (χ3v) is 5.02. The van der Waals surface area contributed by atoms with Gasteiger partial charge in [0.05, 0.1) is 18.2 Å². The number of β-amino-alcohol motifs (C(OH)–C–C–N with tert-alkyl or cyclic N) is 2. The number of hydrogen-bond donors (Lipinski definition) is 3. The summed E-state index contributed by atoms with van der Waals surface area (Å²) in [5, 5.41) is 22.6. The summed E-state index contributed by atoms with van der Waals surface area (Å²) in [5.41, 5.74) is 0. The van der Waals surface area contributed by atoms with E-state index in [1.54, 1.807) is 4.90 Å². The zero-order chi connectivity index (χ0) is 13.4. The van der Waals surface area contributed by atoms with Gasteiger partial charge in [-0.2, -0.15) is 0 Å². The molecule has 108 valence electrons. The first-order valence-electron chi connectivity index (χ1n) is 7.56. The van der Waals surface area contributed by atoms with Crippen molar-refractivity contribution in [3.05, 3.63) is 0 Å². The van der Waals surface area contributed by atoms with Crippen molar-refractivity contribution in [2.45, 2.75) is 62.8 Å². The van der Waals surface area contributed by atoms with Gasteiger partial charge in [-0.05, 0) is 31.6 Å². The Morgan fingerprint density at radius 2 is 1.68 bits per heavy atom. The van der Waals surface area contributed by atoms with Crippen LogP contribution in [0.15, 0.2) is 0 Å². The molecule has 1 aliphatic carbocycles. The standard InChI is InChI=1S/C14H24N2O3/c17-12-7-16(8-13(12)18)14(19)11-6-5-9-3-1-2-4-10(9)15-11/h9-13,15,17-18H,1-8H2/t9?,10?,11?,12-,13+. The Balaban J connectivity index is 1.59. The van der Waals surface area contributed by atoms with Crippen molar-refractivity contribution in [3.63, 3.8) is 0 Å². The third-order valence-electron chi connectivity index (χ3n) is 5.02. The molecular formula is C14H24N2O3. The van der Waals surface area contributed by atoms with Gasteiger partial charge in [0, 0.05) is 19.1 Å². The number of fused-ring (bicyclic) bond motifs is 1. The van der Waals surface area contributed by atoms with Gasteiger partial charge in [0.2, 0.25) is 5.91 Å². The Kier molecular flexibility index (Phi) is 3.78. The average molecular weight is 268 g/mol. The van der Waals surface area contributed by atoms with E-state index < -0.39 is 12.2 Å². The van der Waals surface area contributed by atoms with Crippen LogP contribution in [-0.2, 0) is 4.79 Å². The fourth-order valence-corrected chi connectivity index (χ4v) is 3.86. The molecule has 0 aromatic heterocycles. The van der Waals surface area contributed by atoms with Crippen LogP contribution < -0.4 is 5.32 Å². The van der Waals surface area contributed by atoms with Crippen LogP contribution in [0, 0.1) is 5.92 Å². The number of aliphatic hydroxyl groups excluding tert-OH is 2. The van der Waals surface area contributed by atoms with Crippen molar-refractivity contribution >= 4 is 5.91 Å². The van der Waals surface area contributed by atoms with E-state index in [1.165, 1.54) is 25.7 Å². The van der Waals surface area contributed by atoms with Crippen molar-refractivity contribution in [2.75, 3.05) is 13.1 Å². The summed E-state index contributed by atoms with van der Waals surface area (Å²) in [5.74, 6) is 0.798. The molecule has 3 fully saturated rings. The lowest BCUT2D eigenvalue weighted by atomic mass is 9.77. The van der Waals surface area contributed by atoms with Crippen molar-refractivity contribution in [2.24, 2.45) is 5.92 Å². The van der Waals surface area contributed by atoms with Gasteiger partial charge in [0.15, 0.2) is 0 Å². The minimum Gasteiger partial charge on any atom is -0.388 e. The van der Waals surface area contributed by atoms with Gasteiger partial charge in [0.1, 0.15) is 0 Å². The van der Waals surface area contributed by atoms with Gasteiger partial charge in [-0.3, -0.25) is 4.79 Å². The van der Waals surface area contributed by atoms with E-state index in [4.69, 9.17) is 0 Å². The highest BCUT2D eigenvalue weighted by Crippen LogP contribution is 2.32. The summed E-state index contributed by atoms with van der Waals surface area (Å²) in [6.45, 7) is 0.540. The Morgan fingerprint density at radius 1 is 1.00 bits per heavy atom. The SMILES string of the molecule is O=C(C1CCC2CCCCC2N1)N1C[C@@H](O)[C@@H](O)C1. The summed E-state index contributed by atoms with van der Waals surface area (Å²) in [6, 6.07) is 0.380. The van der Waals surface area contributed by atoms with E-state index in [1.807, 2.05) is 0 Å². The first kappa shape index (κ1) is 13.3. The number of carbonyl (C=O) groups is 1. The van der Waals surface area contributed by atoms with Crippen LogP contribution in [0.3, 0.4) is 0 Å². The van der Waals surface area contributed by atoms with Crippen molar-refractivity contribution in [3.8, 4) is 0 Å². The fraction of sp³-hybridized carbons (Fsp3) is 0.929. The number of nitrogens with one attached hydrogen (secondary N) is 1. The average Bonchev–Trinajstić information content (AvgIpc) is 2.77. The molecule has 19 heavy (non-hydrogen) atoms. The minimum absolute atomic E-state index is 0.0552. The van der Waals surface area contributed by atoms with E-state index in [9.17, 15) is 15.0 Å². The predicted molar refractivity (Wildman–Crippen MR) is 70.5 cm³/mol. The molecule has 0 aromatic carbocycles. The number of likely N-dealkylation sites (tertiary alicyclic amines) is 1. The van der Waals surface area contributed by atoms with Gasteiger partial charge >= 0.3 is 0 Å². The lowest BCUT2D eigenvalue weighted by Crippen LogP contribution is -2.55. The monoisotopic (exact) mass is 268 g/mol. The summed E-state index contributed by atoms with van der Waals surface area (Å²) >= 11 is 0. The van der Waals surface area contributed by atoms with Gasteiger partial charge in [-0.25, -0.2) is 0 Å². The number of rotatable bonds is 1. The number of hydrogen-bond acceptors (Lipinski definition) is 4. The minimum atomic E-state index is -0.782. The quantitative estimate of drug-likeness (QED) is 0.619. The second-order valence-corrected chi connectivity index (χ2v) is 6.33. The summed E-state index contributed by atoms with van der Waals surface area (Å²) in [6.07, 6.45) is 5.52. The Hall–Kier alpha value is -0.650. The molecule has 5 atom stereocenters. The molecule has 3 N–H and O–H groups in total. The first-order valence-corrected chi connectivity index (χ1v) is 7.56. The number of piperidine rings is 1. The van der Waals surface area contributed by atoms with Crippen LogP contribution >= 0.6 is 0 Å². The smallest absolute Gasteiger partial charge is 0.239 e. The second-order valence-electron chi connectivity index (χ2n) is 6.33. The molecule has 3 rings (SSSR count). The van der Waals surface area contributed by atoms with E-state index in [2.05, 4.69) is 5.32 Å². The summed E-state index contributed by atoms with van der Waals surface area (Å²) < 4.78 is 0. The molecule has 0 aromatic rings. The van der Waals surface area contributed by atoms with Crippen LogP contribution in [-0.4, -0.2) is 58.4 Å². The molecule has 0 spiro atoms. The van der Waals surface area contributed by atoms with E-state index in [-0.39, 0.29) is 25.0 Å². The molecule has 0 radical (unpaired) electrons. The van der Waals surface area contributed by atoms with Gasteiger partial charge in [-0.15, -0.1) is 0 Å². The molecule has 1 amide bonds. The van der Waals surface area contributed by atoms with Crippen molar-refractivity contribution < 1.29 is 15.0 Å². The maximum Gasteiger partial charge on any atom is 0.239 e. The Morgan fingerprint density at radius 3 is 2.42 bits per heavy atom. The summed E-state index contributed by atoms with van der Waals surface area (Å²) in [4.78, 5) is 14.0. The second kappa shape index (κ2) is 5.38. The number of amides is 1. The maximum atomic E-state index is 12.4. The molecule has 3 unspecified atom stereocenters. The molecule has 5 nitrogen and oxygen atoms in total. The lowest BCUT2D eigenvalue weighted by Gasteiger charge is -2.40. The largest absolute Gasteiger partial charge is 0.388 e. The fourth-order valence-electron chi connectivity index (χ4n) is 3.86. The normalized spacial score (nSPS) is 43.1. The van der Waals surface area contributed by atoms with Crippen LogP contribution in [0.4, 0.5) is 0 Å². The Bertz CT molecular complexity index is 340. The zero-order valence-corrected chi connectivity index (χ0v) is 11.3. The predicted octanol–water partition coefficient (Wildman–Crippen LogP) is -0.139. The van der Waals surface area contributed by atoms with Crippen LogP contribution in [0.5, 0.6) is 0 Å². The molecule has 2 aliphatic heterocycles. The highest BCUT2D eigenvalue weighted by Gasteiger charge is 2.39. The number of carbonyl (C=O) groups excluding carboxylic acids is 1. The van der Waals surface area contributed by atoms with E-state index in [0.29, 0.717) is 6.04 Å². The highest BCUT2D eigenvalue weighted by molar-refractivity contribution is 5.82. The molecule has 3 aliphatic rings. The lowest BCUT2D eigenvalue weighted by molar-refractivity contribution is -0.134. The number of nitrogens with zero attached hydrogens (tertiary/aromatic N) is 1. The van der Waals surface area contributed by atoms with E-state index in [0.717, 1.165) is 18.8 Å². The van der Waals surface area contributed by atoms with Crippen LogP contribution in [0.2, 0.25) is 0 Å². The van der Waals surface area contributed by atoms with Crippen LogP contribution in [0.25, 0.3) is 0 Å². The van der Waals surface area contributed by atoms with Crippen LogP contribution in [0.1, 0.15) is 38.5 Å². The third kappa shape index (κ3) is 2.64. The number of aliphatic hydroxyl groups is 2. The molecule has 5 heteroatoms. The molecule has 2 heterocycles. The Labute approximate surface area is 114 Å².